The highest BCUT2D eigenvalue weighted by atomic mass is 127. The van der Waals surface area contributed by atoms with Crippen molar-refractivity contribution in [1.82, 2.24) is 5.32 Å². The Hall–Kier alpha value is -0.100. The van der Waals surface area contributed by atoms with Crippen LogP contribution in [-0.4, -0.2) is 12.5 Å². The second-order valence-electron chi connectivity index (χ2n) is 4.47. The predicted molar refractivity (Wildman–Crippen MR) is 81.2 cm³/mol. The maximum atomic E-state index is 12.0. The van der Waals surface area contributed by atoms with E-state index in [1.165, 1.54) is 19.3 Å². The normalized spacial score (nSPS) is 15.4. The van der Waals surface area contributed by atoms with E-state index >= 15 is 0 Å². The molecule has 1 aliphatic rings. The minimum absolute atomic E-state index is 0.0229. The smallest absolute Gasteiger partial charge is 0.252 e. The van der Waals surface area contributed by atoms with Gasteiger partial charge >= 0.3 is 0 Å². The topological polar surface area (TPSA) is 29.1 Å². The van der Waals surface area contributed by atoms with E-state index in [1.54, 1.807) is 0 Å². The van der Waals surface area contributed by atoms with Gasteiger partial charge in [-0.2, -0.15) is 0 Å². The third-order valence-corrected chi connectivity index (χ3v) is 4.60. The van der Waals surface area contributed by atoms with E-state index in [4.69, 9.17) is 0 Å². The van der Waals surface area contributed by atoms with Gasteiger partial charge in [-0.1, -0.05) is 19.3 Å². The van der Waals surface area contributed by atoms with E-state index in [0.717, 1.165) is 32.5 Å². The number of carbonyl (C=O) groups excluding carboxylic acids is 1. The number of benzene rings is 1. The number of carbonyl (C=O) groups is 1. The van der Waals surface area contributed by atoms with E-state index in [-0.39, 0.29) is 5.91 Å². The Bertz CT molecular complexity index is 418. The van der Waals surface area contributed by atoms with Gasteiger partial charge in [0.2, 0.25) is 0 Å². The molecule has 1 aromatic carbocycles. The van der Waals surface area contributed by atoms with Crippen LogP contribution in [0.15, 0.2) is 22.7 Å². The molecule has 17 heavy (non-hydrogen) atoms. The zero-order valence-electron chi connectivity index (χ0n) is 9.51. The number of rotatable bonds is 4. The lowest BCUT2D eigenvalue weighted by molar-refractivity contribution is 0.0948. The van der Waals surface area contributed by atoms with Gasteiger partial charge < -0.3 is 5.32 Å². The van der Waals surface area contributed by atoms with Crippen LogP contribution in [0, 0.1) is 9.49 Å². The SMILES string of the molecule is O=C(NCCC1CCC1)c1cc(I)ccc1Br. The van der Waals surface area contributed by atoms with Gasteiger partial charge in [-0.3, -0.25) is 4.79 Å². The summed E-state index contributed by atoms with van der Waals surface area (Å²) in [7, 11) is 0. The van der Waals surface area contributed by atoms with Crippen LogP contribution in [-0.2, 0) is 0 Å². The van der Waals surface area contributed by atoms with Crippen molar-refractivity contribution in [3.63, 3.8) is 0 Å². The molecule has 0 saturated heterocycles. The van der Waals surface area contributed by atoms with Gasteiger partial charge in [0.25, 0.3) is 5.91 Å². The summed E-state index contributed by atoms with van der Waals surface area (Å²) in [5.74, 6) is 0.865. The van der Waals surface area contributed by atoms with Gasteiger partial charge in [0.1, 0.15) is 0 Å². The van der Waals surface area contributed by atoms with Crippen molar-refractivity contribution in [3.05, 3.63) is 31.8 Å². The summed E-state index contributed by atoms with van der Waals surface area (Å²) in [6.07, 6.45) is 5.15. The summed E-state index contributed by atoms with van der Waals surface area (Å²) in [5, 5.41) is 2.99. The summed E-state index contributed by atoms with van der Waals surface area (Å²) in [5.41, 5.74) is 0.727. The quantitative estimate of drug-likeness (QED) is 0.751. The van der Waals surface area contributed by atoms with Gasteiger partial charge in [0, 0.05) is 14.6 Å². The Kier molecular flexibility index (Phi) is 4.85. The molecular weight excluding hydrogens is 393 g/mol. The van der Waals surface area contributed by atoms with Gasteiger partial charge in [0.15, 0.2) is 0 Å². The Morgan fingerprint density at radius 3 is 2.88 bits per heavy atom. The third kappa shape index (κ3) is 3.68. The Morgan fingerprint density at radius 1 is 1.47 bits per heavy atom. The molecule has 2 rings (SSSR count). The number of amides is 1. The molecule has 0 aromatic heterocycles. The molecule has 1 N–H and O–H groups in total. The molecule has 92 valence electrons. The van der Waals surface area contributed by atoms with Gasteiger partial charge in [-0.05, 0) is 69.1 Å². The molecule has 1 aromatic rings. The average Bonchev–Trinajstić information content (AvgIpc) is 2.25. The molecule has 1 amide bonds. The van der Waals surface area contributed by atoms with Gasteiger partial charge in [-0.25, -0.2) is 0 Å². The fraction of sp³-hybridized carbons (Fsp3) is 0.462. The Labute approximate surface area is 124 Å². The second kappa shape index (κ2) is 6.18. The molecule has 0 unspecified atom stereocenters. The standard InChI is InChI=1S/C13H15BrINO/c14-12-5-4-10(15)8-11(12)13(17)16-7-6-9-2-1-3-9/h4-5,8-9H,1-3,6-7H2,(H,16,17). The van der Waals surface area contributed by atoms with Crippen LogP contribution in [0.25, 0.3) is 0 Å². The lowest BCUT2D eigenvalue weighted by Crippen LogP contribution is -2.27. The van der Waals surface area contributed by atoms with E-state index in [1.807, 2.05) is 18.2 Å². The minimum Gasteiger partial charge on any atom is -0.352 e. The number of nitrogens with one attached hydrogen (secondary N) is 1. The molecule has 0 heterocycles. The molecule has 0 atom stereocenters. The summed E-state index contributed by atoms with van der Waals surface area (Å²) in [6, 6.07) is 5.81. The van der Waals surface area contributed by atoms with Crippen molar-refractivity contribution in [2.45, 2.75) is 25.7 Å². The molecule has 2 nitrogen and oxygen atoms in total. The summed E-state index contributed by atoms with van der Waals surface area (Å²) in [6.45, 7) is 0.793. The van der Waals surface area contributed by atoms with E-state index in [9.17, 15) is 4.79 Å². The van der Waals surface area contributed by atoms with Crippen LogP contribution in [0.2, 0.25) is 0 Å². The molecular formula is C13H15BrINO. The molecule has 0 radical (unpaired) electrons. The fourth-order valence-electron chi connectivity index (χ4n) is 1.94. The Morgan fingerprint density at radius 2 is 2.24 bits per heavy atom. The van der Waals surface area contributed by atoms with Crippen molar-refractivity contribution >= 4 is 44.4 Å². The lowest BCUT2D eigenvalue weighted by atomic mass is 9.83. The molecule has 1 aliphatic carbocycles. The average molecular weight is 408 g/mol. The highest BCUT2D eigenvalue weighted by Gasteiger charge is 2.17. The minimum atomic E-state index is 0.0229. The third-order valence-electron chi connectivity index (χ3n) is 3.24. The second-order valence-corrected chi connectivity index (χ2v) is 6.57. The highest BCUT2D eigenvalue weighted by Crippen LogP contribution is 2.28. The van der Waals surface area contributed by atoms with Crippen molar-refractivity contribution in [1.29, 1.82) is 0 Å². The van der Waals surface area contributed by atoms with Crippen LogP contribution in [0.1, 0.15) is 36.0 Å². The van der Waals surface area contributed by atoms with Crippen molar-refractivity contribution in [3.8, 4) is 0 Å². The molecule has 4 heteroatoms. The van der Waals surface area contributed by atoms with Crippen LogP contribution in [0.5, 0.6) is 0 Å². The monoisotopic (exact) mass is 407 g/mol. The zero-order valence-corrected chi connectivity index (χ0v) is 13.3. The maximum absolute atomic E-state index is 12.0. The molecule has 1 saturated carbocycles. The first-order valence-electron chi connectivity index (χ1n) is 5.90. The fourth-order valence-corrected chi connectivity index (χ4v) is 2.86. The molecule has 0 spiro atoms. The summed E-state index contributed by atoms with van der Waals surface area (Å²) >= 11 is 5.63. The van der Waals surface area contributed by atoms with Crippen LogP contribution in [0.4, 0.5) is 0 Å². The molecule has 0 bridgehead atoms. The lowest BCUT2D eigenvalue weighted by Gasteiger charge is -2.25. The van der Waals surface area contributed by atoms with Gasteiger partial charge in [0.05, 0.1) is 5.56 Å². The largest absolute Gasteiger partial charge is 0.352 e. The Balaban J connectivity index is 1.87. The summed E-state index contributed by atoms with van der Waals surface area (Å²) < 4.78 is 1.94. The number of hydrogen-bond donors (Lipinski definition) is 1. The van der Waals surface area contributed by atoms with Crippen LogP contribution >= 0.6 is 38.5 Å². The van der Waals surface area contributed by atoms with Crippen LogP contribution in [0.3, 0.4) is 0 Å². The predicted octanol–water partition coefficient (Wildman–Crippen LogP) is 3.97. The summed E-state index contributed by atoms with van der Waals surface area (Å²) in [4.78, 5) is 12.0. The first kappa shape index (κ1) is 13.3. The number of hydrogen-bond acceptors (Lipinski definition) is 1. The maximum Gasteiger partial charge on any atom is 0.252 e. The van der Waals surface area contributed by atoms with Crippen LogP contribution < -0.4 is 5.32 Å². The van der Waals surface area contributed by atoms with Gasteiger partial charge in [-0.15, -0.1) is 0 Å². The number of halogens is 2. The van der Waals surface area contributed by atoms with Crippen molar-refractivity contribution in [2.75, 3.05) is 6.54 Å². The van der Waals surface area contributed by atoms with Crippen molar-refractivity contribution < 1.29 is 4.79 Å². The first-order chi connectivity index (χ1) is 8.16. The first-order valence-corrected chi connectivity index (χ1v) is 7.77. The van der Waals surface area contributed by atoms with E-state index in [2.05, 4.69) is 43.8 Å². The highest BCUT2D eigenvalue weighted by molar-refractivity contribution is 14.1. The molecule has 0 aliphatic heterocycles. The molecule has 1 fully saturated rings. The van der Waals surface area contributed by atoms with E-state index < -0.39 is 0 Å². The van der Waals surface area contributed by atoms with Crippen molar-refractivity contribution in [2.24, 2.45) is 5.92 Å². The zero-order chi connectivity index (χ0) is 12.3. The van der Waals surface area contributed by atoms with E-state index in [0.29, 0.717) is 0 Å².